The van der Waals surface area contributed by atoms with Gasteiger partial charge in [0.15, 0.2) is 23.0 Å². The molecule has 2 aliphatic rings. The van der Waals surface area contributed by atoms with Gasteiger partial charge in [0.2, 0.25) is 12.7 Å². The summed E-state index contributed by atoms with van der Waals surface area (Å²) in [5, 5.41) is 3.07. The van der Waals surface area contributed by atoms with E-state index in [0.29, 0.717) is 22.9 Å². The van der Waals surface area contributed by atoms with Crippen LogP contribution in [0.15, 0.2) is 36.4 Å². The Morgan fingerprint density at radius 3 is 2.44 bits per heavy atom. The van der Waals surface area contributed by atoms with Crippen LogP contribution in [0.2, 0.25) is 0 Å². The molecule has 1 heterocycles. The van der Waals surface area contributed by atoms with Crippen molar-refractivity contribution in [3.05, 3.63) is 42.0 Å². The van der Waals surface area contributed by atoms with Gasteiger partial charge in [-0.3, -0.25) is 4.79 Å². The van der Waals surface area contributed by atoms with Crippen molar-refractivity contribution in [1.29, 1.82) is 0 Å². The van der Waals surface area contributed by atoms with Crippen molar-refractivity contribution in [3.63, 3.8) is 0 Å². The van der Waals surface area contributed by atoms with Crippen LogP contribution in [-0.4, -0.2) is 26.9 Å². The molecule has 0 radical (unpaired) electrons. The Morgan fingerprint density at radius 1 is 0.963 bits per heavy atom. The van der Waals surface area contributed by atoms with Crippen molar-refractivity contribution < 1.29 is 23.7 Å². The highest BCUT2D eigenvalue weighted by Gasteiger charge is 2.43. The monoisotopic (exact) mass is 369 g/mol. The molecule has 1 aliphatic carbocycles. The molecule has 6 nitrogen and oxygen atoms in total. The minimum atomic E-state index is -0.561. The first kappa shape index (κ1) is 17.5. The van der Waals surface area contributed by atoms with Gasteiger partial charge < -0.3 is 24.3 Å². The molecule has 1 saturated carbocycles. The molecule has 4 rings (SSSR count). The molecule has 1 fully saturated rings. The number of hydrogen-bond acceptors (Lipinski definition) is 5. The number of benzene rings is 2. The Hall–Kier alpha value is -2.89. The van der Waals surface area contributed by atoms with Crippen LogP contribution in [0.1, 0.15) is 31.2 Å². The molecule has 27 heavy (non-hydrogen) atoms. The molecule has 2 aromatic rings. The predicted octanol–water partition coefficient (Wildman–Crippen LogP) is 3.88. The molecule has 6 heteroatoms. The van der Waals surface area contributed by atoms with Crippen molar-refractivity contribution in [1.82, 2.24) is 0 Å². The quantitative estimate of drug-likeness (QED) is 0.866. The average molecular weight is 369 g/mol. The van der Waals surface area contributed by atoms with Gasteiger partial charge in [0.05, 0.1) is 19.6 Å². The Labute approximate surface area is 158 Å². The third-order valence-electron chi connectivity index (χ3n) is 5.46. The lowest BCUT2D eigenvalue weighted by Gasteiger charge is -2.28. The van der Waals surface area contributed by atoms with E-state index in [4.69, 9.17) is 18.9 Å². The van der Waals surface area contributed by atoms with Gasteiger partial charge in [-0.2, -0.15) is 0 Å². The van der Waals surface area contributed by atoms with E-state index in [1.165, 1.54) is 0 Å². The smallest absolute Gasteiger partial charge is 0.235 e. The van der Waals surface area contributed by atoms with E-state index < -0.39 is 5.41 Å². The lowest BCUT2D eigenvalue weighted by molar-refractivity contribution is -0.121. The molecular formula is C21H23NO5. The fourth-order valence-corrected chi connectivity index (χ4v) is 3.98. The second-order valence-corrected chi connectivity index (χ2v) is 6.88. The topological polar surface area (TPSA) is 66.0 Å². The first-order valence-corrected chi connectivity index (χ1v) is 9.10. The van der Waals surface area contributed by atoms with Gasteiger partial charge in [-0.15, -0.1) is 0 Å². The van der Waals surface area contributed by atoms with Gasteiger partial charge in [-0.05, 0) is 42.7 Å². The van der Waals surface area contributed by atoms with Crippen LogP contribution in [-0.2, 0) is 10.2 Å². The number of rotatable bonds is 5. The summed E-state index contributed by atoms with van der Waals surface area (Å²) in [6, 6.07) is 11.2. The van der Waals surface area contributed by atoms with Gasteiger partial charge in [0.25, 0.3) is 0 Å². The van der Waals surface area contributed by atoms with Crippen molar-refractivity contribution in [2.45, 2.75) is 31.1 Å². The molecule has 0 saturated heterocycles. The molecule has 1 aliphatic heterocycles. The zero-order chi connectivity index (χ0) is 18.9. The van der Waals surface area contributed by atoms with Crippen LogP contribution in [0.25, 0.3) is 0 Å². The van der Waals surface area contributed by atoms with Gasteiger partial charge in [-0.1, -0.05) is 18.9 Å². The standard InChI is InChI=1S/C21H23NO5/c1-24-16-8-6-15(12-18(16)25-2)22-20(23)21(9-3-4-10-21)14-5-7-17-19(11-14)27-13-26-17/h5-8,11-12H,3-4,9-10,13H2,1-2H3,(H,22,23). The fourth-order valence-electron chi connectivity index (χ4n) is 3.98. The van der Waals surface area contributed by atoms with Crippen molar-refractivity contribution in [2.24, 2.45) is 0 Å². The van der Waals surface area contributed by atoms with Crippen molar-refractivity contribution in [3.8, 4) is 23.0 Å². The average Bonchev–Trinajstić information content (AvgIpc) is 3.37. The SMILES string of the molecule is COc1ccc(NC(=O)C2(c3ccc4c(c3)OCO4)CCCC2)cc1OC. The Bertz CT molecular complexity index is 858. The maximum Gasteiger partial charge on any atom is 0.235 e. The van der Waals surface area contributed by atoms with Crippen LogP contribution in [0.3, 0.4) is 0 Å². The van der Waals surface area contributed by atoms with Crippen LogP contribution in [0.5, 0.6) is 23.0 Å². The van der Waals surface area contributed by atoms with Crippen LogP contribution in [0.4, 0.5) is 5.69 Å². The van der Waals surface area contributed by atoms with Crippen LogP contribution >= 0.6 is 0 Å². The molecule has 0 unspecified atom stereocenters. The fraction of sp³-hybridized carbons (Fsp3) is 0.381. The first-order chi connectivity index (χ1) is 13.2. The third kappa shape index (κ3) is 3.05. The number of carbonyl (C=O) groups excluding carboxylic acids is 1. The van der Waals surface area contributed by atoms with E-state index in [1.807, 2.05) is 24.3 Å². The zero-order valence-electron chi connectivity index (χ0n) is 15.5. The molecule has 1 N–H and O–H groups in total. The van der Waals surface area contributed by atoms with E-state index >= 15 is 0 Å². The van der Waals surface area contributed by atoms with Gasteiger partial charge in [-0.25, -0.2) is 0 Å². The number of ether oxygens (including phenoxy) is 4. The Morgan fingerprint density at radius 2 is 1.70 bits per heavy atom. The summed E-state index contributed by atoms with van der Waals surface area (Å²) in [5.74, 6) is 2.64. The van der Waals surface area contributed by atoms with Crippen LogP contribution < -0.4 is 24.3 Å². The maximum atomic E-state index is 13.3. The van der Waals surface area contributed by atoms with E-state index in [0.717, 1.165) is 37.0 Å². The number of amides is 1. The molecule has 0 atom stereocenters. The zero-order valence-corrected chi connectivity index (χ0v) is 15.5. The summed E-state index contributed by atoms with van der Waals surface area (Å²) >= 11 is 0. The number of carbonyl (C=O) groups is 1. The first-order valence-electron chi connectivity index (χ1n) is 9.10. The minimum Gasteiger partial charge on any atom is -0.493 e. The summed E-state index contributed by atoms with van der Waals surface area (Å²) in [4.78, 5) is 13.3. The summed E-state index contributed by atoms with van der Waals surface area (Å²) in [5.41, 5.74) is 1.10. The minimum absolute atomic E-state index is 0.00825. The molecule has 0 spiro atoms. The lowest BCUT2D eigenvalue weighted by Crippen LogP contribution is -2.38. The highest BCUT2D eigenvalue weighted by molar-refractivity contribution is 5.99. The predicted molar refractivity (Wildman–Crippen MR) is 101 cm³/mol. The number of hydrogen-bond donors (Lipinski definition) is 1. The number of nitrogens with one attached hydrogen (secondary N) is 1. The van der Waals surface area contributed by atoms with Crippen LogP contribution in [0, 0.1) is 0 Å². The molecule has 2 aromatic carbocycles. The molecule has 0 bridgehead atoms. The highest BCUT2D eigenvalue weighted by atomic mass is 16.7. The van der Waals surface area contributed by atoms with Gasteiger partial charge >= 0.3 is 0 Å². The number of fused-ring (bicyclic) bond motifs is 1. The van der Waals surface area contributed by atoms with Crippen molar-refractivity contribution >= 4 is 11.6 Å². The summed E-state index contributed by atoms with van der Waals surface area (Å²) in [7, 11) is 3.16. The maximum absolute atomic E-state index is 13.3. The van der Waals surface area contributed by atoms with E-state index in [2.05, 4.69) is 5.32 Å². The number of anilines is 1. The Balaban J connectivity index is 1.63. The second kappa shape index (κ2) is 7.02. The third-order valence-corrected chi connectivity index (χ3v) is 5.46. The van der Waals surface area contributed by atoms with E-state index in [1.54, 1.807) is 26.4 Å². The summed E-state index contributed by atoms with van der Waals surface area (Å²) in [6.45, 7) is 0.226. The van der Waals surface area contributed by atoms with E-state index in [9.17, 15) is 4.79 Å². The normalized spacial score (nSPS) is 16.8. The molecule has 142 valence electrons. The summed E-state index contributed by atoms with van der Waals surface area (Å²) in [6.07, 6.45) is 3.67. The van der Waals surface area contributed by atoms with Gasteiger partial charge in [0, 0.05) is 11.8 Å². The van der Waals surface area contributed by atoms with Crippen molar-refractivity contribution in [2.75, 3.05) is 26.3 Å². The summed E-state index contributed by atoms with van der Waals surface area (Å²) < 4.78 is 21.5. The molecule has 0 aromatic heterocycles. The second-order valence-electron chi connectivity index (χ2n) is 6.88. The Kier molecular flexibility index (Phi) is 4.56. The molecular weight excluding hydrogens is 346 g/mol. The molecule has 1 amide bonds. The van der Waals surface area contributed by atoms with Gasteiger partial charge in [0.1, 0.15) is 0 Å². The lowest BCUT2D eigenvalue weighted by atomic mass is 9.77. The number of methoxy groups -OCH3 is 2. The van der Waals surface area contributed by atoms with E-state index in [-0.39, 0.29) is 12.7 Å². The largest absolute Gasteiger partial charge is 0.493 e. The highest BCUT2D eigenvalue weighted by Crippen LogP contribution is 2.45.